The molecule has 44 heavy (non-hydrogen) atoms. The Bertz CT molecular complexity index is 1210. The number of hydrogen-bond acceptors (Lipinski definition) is 4. The van der Waals surface area contributed by atoms with E-state index in [9.17, 15) is 14.4 Å². The molecule has 2 aromatic carbocycles. The van der Waals surface area contributed by atoms with E-state index in [1.165, 1.54) is 69.9 Å². The van der Waals surface area contributed by atoms with Crippen molar-refractivity contribution in [2.24, 2.45) is 5.41 Å². The molecule has 0 saturated heterocycles. The number of fused-ring (bicyclic) bond motifs is 1. The maximum absolute atomic E-state index is 13.8. The minimum Gasteiger partial charge on any atom is -1.00 e. The zero-order chi connectivity index (χ0) is 31.3. The van der Waals surface area contributed by atoms with Gasteiger partial charge in [0.1, 0.15) is 11.4 Å². The summed E-state index contributed by atoms with van der Waals surface area (Å²) in [5.41, 5.74) is 2.34. The highest BCUT2D eigenvalue weighted by Crippen LogP contribution is 2.45. The van der Waals surface area contributed by atoms with E-state index in [4.69, 9.17) is 9.47 Å². The highest BCUT2D eigenvalue weighted by Gasteiger charge is 2.42. The van der Waals surface area contributed by atoms with E-state index in [1.807, 2.05) is 32.0 Å². The summed E-state index contributed by atoms with van der Waals surface area (Å²) < 4.78 is 26.7. The fraction of sp³-hybridized carbons (Fsp3) is 0.622. The van der Waals surface area contributed by atoms with Gasteiger partial charge < -0.3 is 33.5 Å². The van der Waals surface area contributed by atoms with Gasteiger partial charge in [-0.1, -0.05) is 89.3 Å². The maximum atomic E-state index is 13.8. The highest BCUT2D eigenvalue weighted by molar-refractivity contribution is 5.75. The molecule has 0 fully saturated rings. The molecular formula is C37H54FIN2O3. The first-order valence-corrected chi connectivity index (χ1v) is 16.5. The molecule has 1 atom stereocenters. The number of nitrogens with zero attached hydrogens (tertiary/aromatic N) is 2. The molecule has 0 N–H and O–H groups in total. The number of unbranched alkanes of at least 4 members (excludes halogenated alkanes) is 9. The van der Waals surface area contributed by atoms with Crippen LogP contribution >= 0.6 is 0 Å². The van der Waals surface area contributed by atoms with Crippen LogP contribution in [0.25, 0.3) is 0 Å². The summed E-state index contributed by atoms with van der Waals surface area (Å²) in [6.07, 6.45) is 15.2. The Hall–Kier alpha value is -2.02. The number of halogens is 2. The third kappa shape index (κ3) is 11.1. The zero-order valence-electron chi connectivity index (χ0n) is 27.7. The van der Waals surface area contributed by atoms with Crippen LogP contribution in [0, 0.1) is 22.6 Å². The van der Waals surface area contributed by atoms with Crippen molar-refractivity contribution in [2.75, 3.05) is 27.4 Å². The molecule has 1 aliphatic rings. The molecule has 1 unspecified atom stereocenters. The summed E-state index contributed by atoms with van der Waals surface area (Å²) in [5.74, 6) is -0.411. The lowest BCUT2D eigenvalue weighted by Gasteiger charge is -2.34. The standard InChI is InChI=1S/C37H54FN2O3.HI/c1-6-7-8-9-10-11-12-13-14-15-23-36(2,3)35(41)42-29-40(4,5)25-16-24-37(32-18-20-33(38)21-19-32)34-22-17-30(27-39)26-31(34)28-43-37;/h17-22,26H,6-16,23-25,28-29H2,1-5H3;1H/q+1;/p-1. The average molecular weight is 721 g/mol. The summed E-state index contributed by atoms with van der Waals surface area (Å²) in [5, 5.41) is 9.36. The Morgan fingerprint density at radius 2 is 1.59 bits per heavy atom. The van der Waals surface area contributed by atoms with Crippen LogP contribution in [0.5, 0.6) is 0 Å². The van der Waals surface area contributed by atoms with E-state index in [-0.39, 0.29) is 35.8 Å². The van der Waals surface area contributed by atoms with Crippen molar-refractivity contribution in [2.45, 2.75) is 116 Å². The van der Waals surface area contributed by atoms with Crippen molar-refractivity contribution in [1.82, 2.24) is 0 Å². The summed E-state index contributed by atoms with van der Waals surface area (Å²) >= 11 is 0. The van der Waals surface area contributed by atoms with Gasteiger partial charge in [-0.05, 0) is 67.6 Å². The second-order valence-corrected chi connectivity index (χ2v) is 13.7. The molecule has 3 rings (SSSR count). The fourth-order valence-corrected chi connectivity index (χ4v) is 6.17. The first-order chi connectivity index (χ1) is 20.5. The molecule has 1 heterocycles. The molecule has 5 nitrogen and oxygen atoms in total. The van der Waals surface area contributed by atoms with Gasteiger partial charge in [0.15, 0.2) is 0 Å². The molecule has 7 heteroatoms. The first-order valence-electron chi connectivity index (χ1n) is 16.5. The predicted octanol–water partition coefficient (Wildman–Crippen LogP) is 6.17. The van der Waals surface area contributed by atoms with Gasteiger partial charge in [-0.25, -0.2) is 4.39 Å². The average Bonchev–Trinajstić information content (AvgIpc) is 3.35. The number of ether oxygens (including phenoxy) is 2. The molecule has 0 amide bonds. The number of carbonyl (C=O) groups is 1. The number of carbonyl (C=O) groups excluding carboxylic acids is 1. The molecule has 0 aromatic heterocycles. The minimum absolute atomic E-state index is 0. The number of hydrogen-bond donors (Lipinski definition) is 0. The van der Waals surface area contributed by atoms with Crippen molar-refractivity contribution >= 4 is 5.97 Å². The topological polar surface area (TPSA) is 59.3 Å². The maximum Gasteiger partial charge on any atom is 0.315 e. The molecule has 0 radical (unpaired) electrons. The van der Waals surface area contributed by atoms with Crippen LogP contribution in [0.4, 0.5) is 4.39 Å². The Morgan fingerprint density at radius 1 is 0.977 bits per heavy atom. The SMILES string of the molecule is CCCCCCCCCCCCC(C)(C)C(=O)OC[N+](C)(C)CCCC1(c2ccc(F)cc2)OCc2cc(C#N)ccc21.[I-]. The molecule has 0 aliphatic carbocycles. The normalized spacial score (nSPS) is 16.2. The largest absolute Gasteiger partial charge is 1.00 e. The van der Waals surface area contributed by atoms with Gasteiger partial charge in [0, 0.05) is 6.42 Å². The number of nitriles is 1. The minimum atomic E-state index is -0.704. The Morgan fingerprint density at radius 3 is 2.20 bits per heavy atom. The third-order valence-electron chi connectivity index (χ3n) is 9.00. The van der Waals surface area contributed by atoms with Crippen molar-refractivity contribution in [3.05, 3.63) is 70.5 Å². The Kier molecular flexibility index (Phi) is 15.8. The smallest absolute Gasteiger partial charge is 0.315 e. The Balaban J connectivity index is 0.00000675. The van der Waals surface area contributed by atoms with Crippen LogP contribution in [0.15, 0.2) is 42.5 Å². The molecule has 0 saturated carbocycles. The van der Waals surface area contributed by atoms with Gasteiger partial charge in [0.2, 0.25) is 6.73 Å². The van der Waals surface area contributed by atoms with Gasteiger partial charge in [0.25, 0.3) is 0 Å². The van der Waals surface area contributed by atoms with Crippen molar-refractivity contribution in [1.29, 1.82) is 5.26 Å². The molecule has 244 valence electrons. The third-order valence-corrected chi connectivity index (χ3v) is 9.00. The molecule has 2 aromatic rings. The van der Waals surface area contributed by atoms with Gasteiger partial charge in [-0.2, -0.15) is 5.26 Å². The lowest BCUT2D eigenvalue weighted by Crippen LogP contribution is -3.00. The van der Waals surface area contributed by atoms with Crippen LogP contribution < -0.4 is 24.0 Å². The second-order valence-electron chi connectivity index (χ2n) is 13.7. The van der Waals surface area contributed by atoms with Crippen molar-refractivity contribution < 1.29 is 47.1 Å². The Labute approximate surface area is 283 Å². The number of esters is 1. The van der Waals surface area contributed by atoms with Crippen LogP contribution in [0.1, 0.15) is 126 Å². The quantitative estimate of drug-likeness (QED) is 0.0573. The molecule has 0 bridgehead atoms. The van der Waals surface area contributed by atoms with Crippen molar-refractivity contribution in [3.8, 4) is 6.07 Å². The number of quaternary nitrogens is 1. The van der Waals surface area contributed by atoms with E-state index >= 15 is 0 Å². The first kappa shape index (κ1) is 38.2. The number of benzene rings is 2. The summed E-state index contributed by atoms with van der Waals surface area (Å²) in [6.45, 7) is 7.76. The van der Waals surface area contributed by atoms with Gasteiger partial charge in [-0.3, -0.25) is 9.28 Å². The fourth-order valence-electron chi connectivity index (χ4n) is 6.17. The van der Waals surface area contributed by atoms with Crippen LogP contribution in [-0.4, -0.2) is 37.8 Å². The van der Waals surface area contributed by atoms with E-state index < -0.39 is 11.0 Å². The molecule has 1 aliphatic heterocycles. The lowest BCUT2D eigenvalue weighted by molar-refractivity contribution is -0.907. The second kappa shape index (κ2) is 18.2. The van der Waals surface area contributed by atoms with E-state index in [1.54, 1.807) is 12.1 Å². The van der Waals surface area contributed by atoms with Crippen LogP contribution in [0.3, 0.4) is 0 Å². The van der Waals surface area contributed by atoms with E-state index in [0.29, 0.717) is 29.8 Å². The zero-order valence-corrected chi connectivity index (χ0v) is 29.9. The van der Waals surface area contributed by atoms with Gasteiger partial charge in [-0.15, -0.1) is 0 Å². The van der Waals surface area contributed by atoms with E-state index in [0.717, 1.165) is 42.5 Å². The monoisotopic (exact) mass is 720 g/mol. The molecule has 0 spiro atoms. The highest BCUT2D eigenvalue weighted by atomic mass is 127. The van der Waals surface area contributed by atoms with Gasteiger partial charge >= 0.3 is 5.97 Å². The van der Waals surface area contributed by atoms with E-state index in [2.05, 4.69) is 27.1 Å². The number of rotatable bonds is 19. The van der Waals surface area contributed by atoms with Gasteiger partial charge in [0.05, 0.1) is 44.3 Å². The summed E-state index contributed by atoms with van der Waals surface area (Å²) in [7, 11) is 4.16. The lowest BCUT2D eigenvalue weighted by atomic mass is 9.81. The summed E-state index contributed by atoms with van der Waals surface area (Å²) in [4.78, 5) is 13.0. The summed E-state index contributed by atoms with van der Waals surface area (Å²) in [6, 6.07) is 14.4. The van der Waals surface area contributed by atoms with Crippen molar-refractivity contribution in [3.63, 3.8) is 0 Å². The molecular weight excluding hydrogens is 666 g/mol. The predicted molar refractivity (Wildman–Crippen MR) is 171 cm³/mol. The van der Waals surface area contributed by atoms with Crippen LogP contribution in [-0.2, 0) is 26.5 Å². The van der Waals surface area contributed by atoms with Crippen LogP contribution in [0.2, 0.25) is 0 Å².